The number of halogens is 1. The lowest BCUT2D eigenvalue weighted by molar-refractivity contribution is 0.0985. The molecule has 1 aliphatic heterocycles. The van der Waals surface area contributed by atoms with E-state index >= 15 is 0 Å². The van der Waals surface area contributed by atoms with Crippen molar-refractivity contribution in [1.82, 2.24) is 19.9 Å². The average molecular weight is 353 g/mol. The molecule has 1 atom stereocenters. The van der Waals surface area contributed by atoms with E-state index in [1.807, 2.05) is 24.4 Å². The number of rotatable bonds is 3. The number of pyridine rings is 1. The Morgan fingerprint density at radius 3 is 3.00 bits per heavy atom. The molecule has 134 valence electrons. The number of hydrogen-bond acceptors (Lipinski definition) is 5. The zero-order valence-corrected chi connectivity index (χ0v) is 14.6. The highest BCUT2D eigenvalue weighted by molar-refractivity contribution is 5.91. The van der Waals surface area contributed by atoms with E-state index in [0.29, 0.717) is 37.6 Å². The van der Waals surface area contributed by atoms with Gasteiger partial charge in [-0.1, -0.05) is 0 Å². The molecule has 2 fully saturated rings. The van der Waals surface area contributed by atoms with Crippen molar-refractivity contribution in [2.45, 2.75) is 31.5 Å². The molecule has 3 aromatic heterocycles. The molecule has 4 heterocycles. The molecule has 0 spiro atoms. The predicted octanol–water partition coefficient (Wildman–Crippen LogP) is 3.20. The quantitative estimate of drug-likeness (QED) is 0.783. The molecule has 0 radical (unpaired) electrons. The molecule has 26 heavy (non-hydrogen) atoms. The van der Waals surface area contributed by atoms with Crippen molar-refractivity contribution in [3.8, 4) is 11.4 Å². The molecule has 1 saturated heterocycles. The summed E-state index contributed by atoms with van der Waals surface area (Å²) in [4.78, 5) is 19.0. The minimum absolute atomic E-state index is 0.193. The van der Waals surface area contributed by atoms with Crippen LogP contribution >= 0.6 is 0 Å². The first kappa shape index (κ1) is 15.7. The highest BCUT2D eigenvalue weighted by Crippen LogP contribution is 2.49. The van der Waals surface area contributed by atoms with Crippen LogP contribution < -0.4 is 4.90 Å². The van der Waals surface area contributed by atoms with Gasteiger partial charge in [0.2, 0.25) is 0 Å². The maximum atomic E-state index is 14.9. The lowest BCUT2D eigenvalue weighted by Crippen LogP contribution is -2.44. The zero-order chi connectivity index (χ0) is 17.7. The van der Waals surface area contributed by atoms with Gasteiger partial charge in [0, 0.05) is 36.0 Å². The first-order chi connectivity index (χ1) is 12.6. The summed E-state index contributed by atoms with van der Waals surface area (Å²) in [5.74, 6) is 1.32. The van der Waals surface area contributed by atoms with Gasteiger partial charge >= 0.3 is 0 Å². The third kappa shape index (κ3) is 2.54. The van der Waals surface area contributed by atoms with Crippen molar-refractivity contribution in [3.05, 3.63) is 36.3 Å². The van der Waals surface area contributed by atoms with Crippen LogP contribution in [0.3, 0.4) is 0 Å². The molecule has 1 saturated carbocycles. The van der Waals surface area contributed by atoms with E-state index < -0.39 is 5.67 Å². The third-order valence-electron chi connectivity index (χ3n) is 5.22. The Bertz CT molecular complexity index is 967. The Hall–Kier alpha value is -2.54. The molecule has 0 amide bonds. The largest absolute Gasteiger partial charge is 0.377 e. The Labute approximate surface area is 150 Å². The van der Waals surface area contributed by atoms with Crippen LogP contribution in [0.1, 0.15) is 25.5 Å². The summed E-state index contributed by atoms with van der Waals surface area (Å²) in [5, 5.41) is 0.939. The molecule has 6 nitrogen and oxygen atoms in total. The van der Waals surface area contributed by atoms with Crippen molar-refractivity contribution < 1.29 is 9.13 Å². The second-order valence-electron chi connectivity index (χ2n) is 7.12. The van der Waals surface area contributed by atoms with Gasteiger partial charge in [0.25, 0.3) is 0 Å². The monoisotopic (exact) mass is 353 g/mol. The second kappa shape index (κ2) is 5.74. The van der Waals surface area contributed by atoms with E-state index in [1.54, 1.807) is 6.20 Å². The topological polar surface area (TPSA) is 66.9 Å². The maximum absolute atomic E-state index is 14.9. The van der Waals surface area contributed by atoms with Gasteiger partial charge in [-0.25, -0.2) is 19.3 Å². The first-order valence-electron chi connectivity index (χ1n) is 8.99. The van der Waals surface area contributed by atoms with Gasteiger partial charge in [-0.05, 0) is 31.9 Å². The van der Waals surface area contributed by atoms with E-state index in [0.717, 1.165) is 29.0 Å². The zero-order valence-electron chi connectivity index (χ0n) is 14.6. The minimum atomic E-state index is -1.31. The summed E-state index contributed by atoms with van der Waals surface area (Å²) in [6, 6.07) is 5.85. The van der Waals surface area contributed by atoms with Crippen molar-refractivity contribution in [2.24, 2.45) is 0 Å². The number of ether oxygens (including phenoxy) is 1. The van der Waals surface area contributed by atoms with Crippen molar-refractivity contribution >= 4 is 16.9 Å². The van der Waals surface area contributed by atoms with E-state index in [1.165, 1.54) is 0 Å². The van der Waals surface area contributed by atoms with E-state index in [9.17, 15) is 4.39 Å². The highest BCUT2D eigenvalue weighted by atomic mass is 19.1. The number of nitrogens with one attached hydrogen (secondary N) is 1. The molecular formula is C19H20FN5O. The molecule has 3 aromatic rings. The molecule has 1 N–H and O–H groups in total. The number of aromatic nitrogens is 4. The lowest BCUT2D eigenvalue weighted by Gasteiger charge is -2.34. The molecule has 1 aliphatic carbocycles. The van der Waals surface area contributed by atoms with Crippen LogP contribution in [0, 0.1) is 0 Å². The maximum Gasteiger partial charge on any atom is 0.162 e. The summed E-state index contributed by atoms with van der Waals surface area (Å²) in [5.41, 5.74) is 0.812. The van der Waals surface area contributed by atoms with Gasteiger partial charge in [-0.3, -0.25) is 0 Å². The van der Waals surface area contributed by atoms with Gasteiger partial charge < -0.3 is 14.6 Å². The Morgan fingerprint density at radius 1 is 1.31 bits per heavy atom. The van der Waals surface area contributed by atoms with E-state index in [-0.39, 0.29) is 6.04 Å². The Balaban J connectivity index is 1.67. The highest BCUT2D eigenvalue weighted by Gasteiger charge is 2.47. The smallest absolute Gasteiger partial charge is 0.162 e. The van der Waals surface area contributed by atoms with Crippen LogP contribution in [0.2, 0.25) is 0 Å². The molecular weight excluding hydrogens is 333 g/mol. The lowest BCUT2D eigenvalue weighted by atomic mass is 10.1. The predicted molar refractivity (Wildman–Crippen MR) is 96.8 cm³/mol. The Kier molecular flexibility index (Phi) is 3.46. The number of fused-ring (bicyclic) bond motifs is 1. The fourth-order valence-electron chi connectivity index (χ4n) is 3.52. The summed E-state index contributed by atoms with van der Waals surface area (Å²) < 4.78 is 20.4. The van der Waals surface area contributed by atoms with Gasteiger partial charge in [0.05, 0.1) is 24.9 Å². The fourth-order valence-corrected chi connectivity index (χ4v) is 3.52. The van der Waals surface area contributed by atoms with Gasteiger partial charge in [-0.15, -0.1) is 0 Å². The second-order valence-corrected chi connectivity index (χ2v) is 7.12. The van der Waals surface area contributed by atoms with Gasteiger partial charge in [0.1, 0.15) is 11.5 Å². The summed E-state index contributed by atoms with van der Waals surface area (Å²) in [6.45, 7) is 4.13. The number of alkyl halides is 1. The number of anilines is 1. The van der Waals surface area contributed by atoms with Gasteiger partial charge in [-0.2, -0.15) is 0 Å². The van der Waals surface area contributed by atoms with Crippen molar-refractivity contribution in [1.29, 1.82) is 0 Å². The summed E-state index contributed by atoms with van der Waals surface area (Å²) in [7, 11) is 0. The SMILES string of the molecule is CC1COCCN1c1cc(C2(F)CC2)nc(-c2ccnc3[nH]ccc23)n1. The standard InChI is InChI=1S/C19H20FN5O/c1-12-11-26-9-8-25(12)16-10-15(19(20)4-5-19)23-18(24-16)14-3-7-22-17-13(14)2-6-21-17/h2-3,6-7,10,12H,4-5,8-9,11H2,1H3,(H,21,22). The van der Waals surface area contributed by atoms with Crippen LogP contribution in [0.5, 0.6) is 0 Å². The fraction of sp³-hybridized carbons (Fsp3) is 0.421. The molecule has 1 unspecified atom stereocenters. The van der Waals surface area contributed by atoms with Crippen LogP contribution in [-0.2, 0) is 10.4 Å². The molecule has 5 rings (SSSR count). The number of hydrogen-bond donors (Lipinski definition) is 1. The minimum Gasteiger partial charge on any atom is -0.377 e. The molecule has 2 aliphatic rings. The normalized spacial score (nSPS) is 21.9. The van der Waals surface area contributed by atoms with Crippen LogP contribution in [0.25, 0.3) is 22.4 Å². The first-order valence-corrected chi connectivity index (χ1v) is 8.99. The number of nitrogens with zero attached hydrogens (tertiary/aromatic N) is 4. The average Bonchev–Trinajstić information content (AvgIpc) is 3.23. The summed E-state index contributed by atoms with van der Waals surface area (Å²) >= 11 is 0. The van der Waals surface area contributed by atoms with Crippen LogP contribution in [0.15, 0.2) is 30.6 Å². The third-order valence-corrected chi connectivity index (χ3v) is 5.22. The van der Waals surface area contributed by atoms with E-state index in [4.69, 9.17) is 9.72 Å². The van der Waals surface area contributed by atoms with Crippen LogP contribution in [-0.4, -0.2) is 45.7 Å². The van der Waals surface area contributed by atoms with Crippen molar-refractivity contribution in [2.75, 3.05) is 24.7 Å². The number of morpholine rings is 1. The Morgan fingerprint density at radius 2 is 2.19 bits per heavy atom. The summed E-state index contributed by atoms with van der Waals surface area (Å²) in [6.07, 6.45) is 4.62. The molecule has 0 aromatic carbocycles. The molecule has 0 bridgehead atoms. The van der Waals surface area contributed by atoms with E-state index in [2.05, 4.69) is 26.8 Å². The van der Waals surface area contributed by atoms with Gasteiger partial charge in [0.15, 0.2) is 11.5 Å². The number of aromatic amines is 1. The van der Waals surface area contributed by atoms with Crippen molar-refractivity contribution in [3.63, 3.8) is 0 Å². The number of H-pyrrole nitrogens is 1. The van der Waals surface area contributed by atoms with Crippen LogP contribution in [0.4, 0.5) is 10.2 Å². The molecule has 7 heteroatoms.